The fourth-order valence-electron chi connectivity index (χ4n) is 4.58. The molecule has 2 saturated carbocycles. The maximum absolute atomic E-state index is 13.3. The lowest BCUT2D eigenvalue weighted by atomic mass is 9.96. The Balaban J connectivity index is 1.20. The predicted molar refractivity (Wildman–Crippen MR) is 115 cm³/mol. The topological polar surface area (TPSA) is 87.7 Å². The lowest BCUT2D eigenvalue weighted by molar-refractivity contribution is 0.0715. The third kappa shape index (κ3) is 3.12. The number of amides is 1. The van der Waals surface area contributed by atoms with Crippen molar-refractivity contribution in [3.05, 3.63) is 33.6 Å². The van der Waals surface area contributed by atoms with Gasteiger partial charge >= 0.3 is 0 Å². The number of nitrogens with one attached hydrogen (secondary N) is 1. The smallest absolute Gasteiger partial charge is 0.264 e. The summed E-state index contributed by atoms with van der Waals surface area (Å²) >= 11 is 1.54. The van der Waals surface area contributed by atoms with Gasteiger partial charge in [0.05, 0.1) is 10.6 Å². The predicted octanol–water partition coefficient (Wildman–Crippen LogP) is 4.20. The Bertz CT molecular complexity index is 1130. The molecular formula is C22H26N6OS. The second-order valence-electron chi connectivity index (χ2n) is 9.10. The van der Waals surface area contributed by atoms with Crippen molar-refractivity contribution in [1.82, 2.24) is 30.0 Å². The van der Waals surface area contributed by atoms with Crippen LogP contribution in [0.1, 0.15) is 94.7 Å². The highest BCUT2D eigenvalue weighted by Crippen LogP contribution is 2.41. The Morgan fingerprint density at radius 3 is 2.33 bits per heavy atom. The van der Waals surface area contributed by atoms with Crippen LogP contribution in [0.2, 0.25) is 0 Å². The molecule has 0 spiro atoms. The van der Waals surface area contributed by atoms with E-state index in [1.165, 1.54) is 37.0 Å². The number of aromatic amines is 1. The number of H-pyrrole nitrogens is 1. The summed E-state index contributed by atoms with van der Waals surface area (Å²) in [5.41, 5.74) is 2.04. The molecule has 3 aromatic rings. The third-order valence-electron chi connectivity index (χ3n) is 6.76. The van der Waals surface area contributed by atoms with Crippen LogP contribution in [-0.4, -0.2) is 49.0 Å². The number of hydrogen-bond donors (Lipinski definition) is 1. The van der Waals surface area contributed by atoms with E-state index in [0.29, 0.717) is 17.8 Å². The van der Waals surface area contributed by atoms with Crippen LogP contribution in [0, 0.1) is 13.8 Å². The summed E-state index contributed by atoms with van der Waals surface area (Å²) in [4.78, 5) is 31.4. The fraction of sp³-hybridized carbons (Fsp3) is 0.591. The molecule has 0 radical (unpaired) electrons. The molecule has 1 aliphatic heterocycles. The van der Waals surface area contributed by atoms with E-state index in [-0.39, 0.29) is 5.91 Å². The summed E-state index contributed by atoms with van der Waals surface area (Å²) in [6.07, 6.45) is 6.65. The second-order valence-corrected chi connectivity index (χ2v) is 10.1. The molecule has 4 heterocycles. The average molecular weight is 423 g/mol. The molecule has 1 saturated heterocycles. The first-order valence-corrected chi connectivity index (χ1v) is 11.9. The normalized spacial score (nSPS) is 20.3. The van der Waals surface area contributed by atoms with E-state index < -0.39 is 0 Å². The van der Waals surface area contributed by atoms with Crippen LogP contribution < -0.4 is 0 Å². The first-order valence-electron chi connectivity index (χ1n) is 11.1. The first kappa shape index (κ1) is 18.4. The Kier molecular flexibility index (Phi) is 4.20. The Hall–Kier alpha value is -2.35. The summed E-state index contributed by atoms with van der Waals surface area (Å²) < 4.78 is 0. The maximum Gasteiger partial charge on any atom is 0.264 e. The number of nitrogens with zero attached hydrogens (tertiary/aromatic N) is 5. The Morgan fingerprint density at radius 1 is 0.933 bits per heavy atom. The molecule has 0 aromatic carbocycles. The van der Waals surface area contributed by atoms with Crippen molar-refractivity contribution in [2.75, 3.05) is 13.1 Å². The molecular weight excluding hydrogens is 396 g/mol. The minimum atomic E-state index is 0.137. The molecule has 3 aliphatic rings. The SMILES string of the molecule is Cc1nc(C2CC2)nc2sc(C(=O)N3CCC(c4nc(C5CC5)n[nH]4)CC3)c(C)c12. The number of aryl methyl sites for hydroxylation is 2. The van der Waals surface area contributed by atoms with Crippen molar-refractivity contribution in [2.24, 2.45) is 0 Å². The number of carbonyl (C=O) groups is 1. The largest absolute Gasteiger partial charge is 0.338 e. The number of carbonyl (C=O) groups excluding carboxylic acids is 1. The highest BCUT2D eigenvalue weighted by atomic mass is 32.1. The highest BCUT2D eigenvalue weighted by molar-refractivity contribution is 7.20. The number of thiophene rings is 1. The monoisotopic (exact) mass is 422 g/mol. The zero-order valence-corrected chi connectivity index (χ0v) is 18.3. The molecule has 1 N–H and O–H groups in total. The van der Waals surface area contributed by atoms with Crippen molar-refractivity contribution >= 4 is 27.5 Å². The summed E-state index contributed by atoms with van der Waals surface area (Å²) in [6.45, 7) is 5.60. The van der Waals surface area contributed by atoms with Gasteiger partial charge < -0.3 is 4.90 Å². The van der Waals surface area contributed by atoms with E-state index >= 15 is 0 Å². The van der Waals surface area contributed by atoms with Crippen LogP contribution >= 0.6 is 11.3 Å². The molecule has 0 atom stereocenters. The van der Waals surface area contributed by atoms with E-state index in [2.05, 4.69) is 10.2 Å². The lowest BCUT2D eigenvalue weighted by Gasteiger charge is -2.30. The summed E-state index contributed by atoms with van der Waals surface area (Å²) in [7, 11) is 0. The number of hydrogen-bond acceptors (Lipinski definition) is 6. The molecule has 3 fully saturated rings. The van der Waals surface area contributed by atoms with Crippen LogP contribution in [0.25, 0.3) is 10.2 Å². The molecule has 8 heteroatoms. The zero-order valence-electron chi connectivity index (χ0n) is 17.4. The van der Waals surface area contributed by atoms with Gasteiger partial charge in [0, 0.05) is 36.2 Å². The van der Waals surface area contributed by atoms with Gasteiger partial charge in [-0.2, -0.15) is 5.10 Å². The van der Waals surface area contributed by atoms with Gasteiger partial charge in [0.2, 0.25) is 0 Å². The molecule has 1 amide bonds. The molecule has 0 bridgehead atoms. The number of fused-ring (bicyclic) bond motifs is 1. The zero-order chi connectivity index (χ0) is 20.4. The van der Waals surface area contributed by atoms with E-state index in [9.17, 15) is 4.79 Å². The van der Waals surface area contributed by atoms with Crippen LogP contribution in [0.5, 0.6) is 0 Å². The molecule has 2 aliphatic carbocycles. The second kappa shape index (κ2) is 6.83. The summed E-state index contributed by atoms with van der Waals surface area (Å²) in [5, 5.41) is 8.61. The highest BCUT2D eigenvalue weighted by Gasteiger charge is 2.32. The van der Waals surface area contributed by atoms with Gasteiger partial charge in [0.1, 0.15) is 16.5 Å². The number of likely N-dealkylation sites (tertiary alicyclic amines) is 1. The lowest BCUT2D eigenvalue weighted by Crippen LogP contribution is -2.38. The van der Waals surface area contributed by atoms with Crippen LogP contribution in [0.4, 0.5) is 0 Å². The van der Waals surface area contributed by atoms with Crippen LogP contribution in [0.15, 0.2) is 0 Å². The quantitative estimate of drug-likeness (QED) is 0.681. The molecule has 156 valence electrons. The van der Waals surface area contributed by atoms with Crippen molar-refractivity contribution < 1.29 is 4.79 Å². The molecule has 3 aromatic heterocycles. The van der Waals surface area contributed by atoms with Crippen LogP contribution in [-0.2, 0) is 0 Å². The van der Waals surface area contributed by atoms with E-state index in [1.807, 2.05) is 18.7 Å². The van der Waals surface area contributed by atoms with Gasteiger partial charge in [0.25, 0.3) is 5.91 Å². The average Bonchev–Trinajstić information content (AvgIpc) is 3.69. The van der Waals surface area contributed by atoms with Gasteiger partial charge in [-0.15, -0.1) is 11.3 Å². The number of aromatic nitrogens is 5. The molecule has 30 heavy (non-hydrogen) atoms. The first-order chi connectivity index (χ1) is 14.6. The van der Waals surface area contributed by atoms with Crippen LogP contribution in [0.3, 0.4) is 0 Å². The van der Waals surface area contributed by atoms with E-state index in [0.717, 1.165) is 69.8 Å². The van der Waals surface area contributed by atoms with E-state index in [4.69, 9.17) is 15.0 Å². The van der Waals surface area contributed by atoms with Crippen molar-refractivity contribution in [3.8, 4) is 0 Å². The van der Waals surface area contributed by atoms with Gasteiger partial charge in [-0.1, -0.05) is 0 Å². The fourth-order valence-corrected chi connectivity index (χ4v) is 5.79. The van der Waals surface area contributed by atoms with Crippen molar-refractivity contribution in [2.45, 2.75) is 70.1 Å². The number of rotatable bonds is 4. The van der Waals surface area contributed by atoms with Gasteiger partial charge in [-0.05, 0) is 57.9 Å². The standard InChI is InChI=1S/C22H26N6OS/c1-11-16-12(2)23-18(13-3-4-13)25-21(16)30-17(11)22(29)28-9-7-15(8-10-28)20-24-19(26-27-20)14-5-6-14/h13-15H,3-10H2,1-2H3,(H,24,26,27). The summed E-state index contributed by atoms with van der Waals surface area (Å²) in [6, 6.07) is 0. The third-order valence-corrected chi connectivity index (χ3v) is 7.93. The Morgan fingerprint density at radius 2 is 1.63 bits per heavy atom. The Labute approximate surface area is 179 Å². The maximum atomic E-state index is 13.3. The van der Waals surface area contributed by atoms with E-state index in [1.54, 1.807) is 0 Å². The molecule has 7 nitrogen and oxygen atoms in total. The minimum Gasteiger partial charge on any atom is -0.338 e. The van der Waals surface area contributed by atoms with Crippen molar-refractivity contribution in [1.29, 1.82) is 0 Å². The molecule has 0 unspecified atom stereocenters. The van der Waals surface area contributed by atoms with Gasteiger partial charge in [-0.25, -0.2) is 15.0 Å². The van der Waals surface area contributed by atoms with Gasteiger partial charge in [-0.3, -0.25) is 9.89 Å². The van der Waals surface area contributed by atoms with Crippen molar-refractivity contribution in [3.63, 3.8) is 0 Å². The number of piperidine rings is 1. The molecule has 6 rings (SSSR count). The minimum absolute atomic E-state index is 0.137. The summed E-state index contributed by atoms with van der Waals surface area (Å²) in [5.74, 6) is 4.53. The van der Waals surface area contributed by atoms with Gasteiger partial charge in [0.15, 0.2) is 5.82 Å².